The van der Waals surface area contributed by atoms with E-state index < -0.39 is 0 Å². The summed E-state index contributed by atoms with van der Waals surface area (Å²) in [5.41, 5.74) is 0. The molecule has 0 N–H and O–H groups in total. The first-order valence-electron chi connectivity index (χ1n) is 9.80. The predicted molar refractivity (Wildman–Crippen MR) is 97.8 cm³/mol. The molecular formula is C19H40O5. The summed E-state index contributed by atoms with van der Waals surface area (Å²) in [7, 11) is 0. The Hall–Kier alpha value is -0.200. The highest BCUT2D eigenvalue weighted by Crippen LogP contribution is 2.02. The van der Waals surface area contributed by atoms with Gasteiger partial charge in [0.15, 0.2) is 0 Å². The fraction of sp³-hybridized carbons (Fsp3) is 1.00. The first kappa shape index (κ1) is 23.8. The highest BCUT2D eigenvalue weighted by Gasteiger charge is 1.94. The Labute approximate surface area is 149 Å². The molecule has 0 aromatic rings. The van der Waals surface area contributed by atoms with E-state index in [0.717, 1.165) is 26.1 Å². The van der Waals surface area contributed by atoms with Crippen molar-refractivity contribution in [2.24, 2.45) is 0 Å². The summed E-state index contributed by atoms with van der Waals surface area (Å²) < 4.78 is 27.2. The van der Waals surface area contributed by atoms with E-state index in [4.69, 9.17) is 23.7 Å². The number of ether oxygens (including phenoxy) is 5. The number of unbranched alkanes of at least 4 members (excludes halogenated alkanes) is 5. The molecule has 0 amide bonds. The molecule has 0 aliphatic carbocycles. The number of hydrogen-bond acceptors (Lipinski definition) is 5. The predicted octanol–water partition coefficient (Wildman–Crippen LogP) is 3.84. The van der Waals surface area contributed by atoms with E-state index >= 15 is 0 Å². The molecular weight excluding hydrogens is 308 g/mol. The fourth-order valence-electron chi connectivity index (χ4n) is 2.04. The van der Waals surface area contributed by atoms with Crippen LogP contribution in [0.1, 0.15) is 58.8 Å². The first-order chi connectivity index (χ1) is 11.9. The van der Waals surface area contributed by atoms with Gasteiger partial charge in [-0.15, -0.1) is 0 Å². The van der Waals surface area contributed by atoms with Gasteiger partial charge < -0.3 is 23.7 Å². The summed E-state index contributed by atoms with van der Waals surface area (Å²) in [6, 6.07) is 0. The average Bonchev–Trinajstić information content (AvgIpc) is 2.60. The molecule has 0 bridgehead atoms. The minimum Gasteiger partial charge on any atom is -0.379 e. The Morgan fingerprint density at radius 1 is 0.333 bits per heavy atom. The minimum atomic E-state index is 0.604. The van der Waals surface area contributed by atoms with E-state index in [2.05, 4.69) is 13.8 Å². The van der Waals surface area contributed by atoms with Gasteiger partial charge in [-0.2, -0.15) is 0 Å². The van der Waals surface area contributed by atoms with Crippen molar-refractivity contribution in [3.8, 4) is 0 Å². The lowest BCUT2D eigenvalue weighted by Gasteiger charge is -2.08. The van der Waals surface area contributed by atoms with Gasteiger partial charge in [-0.1, -0.05) is 46.0 Å². The number of rotatable bonds is 21. The highest BCUT2D eigenvalue weighted by molar-refractivity contribution is 4.42. The Morgan fingerprint density at radius 2 is 0.667 bits per heavy atom. The zero-order valence-corrected chi connectivity index (χ0v) is 16.1. The maximum Gasteiger partial charge on any atom is 0.0701 e. The monoisotopic (exact) mass is 348 g/mol. The van der Waals surface area contributed by atoms with Crippen molar-refractivity contribution in [1.29, 1.82) is 0 Å². The van der Waals surface area contributed by atoms with Crippen LogP contribution in [0.2, 0.25) is 0 Å². The van der Waals surface area contributed by atoms with Gasteiger partial charge in [0.1, 0.15) is 0 Å². The van der Waals surface area contributed by atoms with Gasteiger partial charge in [-0.25, -0.2) is 0 Å². The van der Waals surface area contributed by atoms with E-state index in [1.807, 2.05) is 0 Å². The van der Waals surface area contributed by atoms with E-state index in [0.29, 0.717) is 52.9 Å². The fourth-order valence-corrected chi connectivity index (χ4v) is 2.04. The van der Waals surface area contributed by atoms with Gasteiger partial charge in [0.2, 0.25) is 0 Å². The van der Waals surface area contributed by atoms with Crippen molar-refractivity contribution in [3.63, 3.8) is 0 Å². The third-order valence-corrected chi connectivity index (χ3v) is 3.52. The molecule has 5 heteroatoms. The van der Waals surface area contributed by atoms with Crippen molar-refractivity contribution >= 4 is 0 Å². The van der Waals surface area contributed by atoms with Crippen LogP contribution >= 0.6 is 0 Å². The molecule has 146 valence electrons. The van der Waals surface area contributed by atoms with Crippen LogP contribution < -0.4 is 0 Å². The van der Waals surface area contributed by atoms with Crippen molar-refractivity contribution < 1.29 is 23.7 Å². The molecule has 0 aliphatic heterocycles. The van der Waals surface area contributed by atoms with Crippen molar-refractivity contribution in [3.05, 3.63) is 0 Å². The van der Waals surface area contributed by atoms with Gasteiger partial charge >= 0.3 is 0 Å². The Morgan fingerprint density at radius 3 is 1.08 bits per heavy atom. The summed E-state index contributed by atoms with van der Waals surface area (Å²) >= 11 is 0. The van der Waals surface area contributed by atoms with Crippen molar-refractivity contribution in [2.45, 2.75) is 58.8 Å². The summed E-state index contributed by atoms with van der Waals surface area (Å²) in [4.78, 5) is 0. The molecule has 0 heterocycles. The molecule has 0 rings (SSSR count). The van der Waals surface area contributed by atoms with Gasteiger partial charge in [-0.3, -0.25) is 0 Å². The van der Waals surface area contributed by atoms with Crippen LogP contribution in [0.15, 0.2) is 0 Å². The minimum absolute atomic E-state index is 0.604. The Kier molecular flexibility index (Phi) is 22.6. The van der Waals surface area contributed by atoms with Gasteiger partial charge in [-0.05, 0) is 12.8 Å². The van der Waals surface area contributed by atoms with Gasteiger partial charge in [0.25, 0.3) is 0 Å². The topological polar surface area (TPSA) is 46.2 Å². The second-order valence-electron chi connectivity index (χ2n) is 5.83. The molecule has 0 atom stereocenters. The second kappa shape index (κ2) is 22.8. The molecule has 0 fully saturated rings. The molecule has 0 radical (unpaired) electrons. The van der Waals surface area contributed by atoms with Crippen molar-refractivity contribution in [2.75, 3.05) is 66.1 Å². The molecule has 0 saturated heterocycles. The van der Waals surface area contributed by atoms with Crippen LogP contribution in [0.25, 0.3) is 0 Å². The zero-order chi connectivity index (χ0) is 17.6. The van der Waals surface area contributed by atoms with Crippen LogP contribution in [-0.4, -0.2) is 66.1 Å². The van der Waals surface area contributed by atoms with Crippen LogP contribution in [0.4, 0.5) is 0 Å². The smallest absolute Gasteiger partial charge is 0.0701 e. The molecule has 24 heavy (non-hydrogen) atoms. The summed E-state index contributed by atoms with van der Waals surface area (Å²) in [5, 5.41) is 0. The number of hydrogen-bond donors (Lipinski definition) is 0. The van der Waals surface area contributed by atoms with E-state index in [1.165, 1.54) is 32.1 Å². The lowest BCUT2D eigenvalue weighted by atomic mass is 10.2. The molecule has 0 spiro atoms. The largest absolute Gasteiger partial charge is 0.379 e. The third kappa shape index (κ3) is 21.8. The first-order valence-corrected chi connectivity index (χ1v) is 9.80. The second-order valence-corrected chi connectivity index (χ2v) is 5.83. The molecule has 0 saturated carbocycles. The molecule has 0 aromatic heterocycles. The Balaban J connectivity index is 2.93. The SMILES string of the molecule is CCCCCCCOCCOCCOCCOCCOCCCC. The lowest BCUT2D eigenvalue weighted by molar-refractivity contribution is -0.0113. The highest BCUT2D eigenvalue weighted by atomic mass is 16.6. The summed E-state index contributed by atoms with van der Waals surface area (Å²) in [6.07, 6.45) is 8.66. The standard InChI is InChI=1S/C19H40O5/c1-3-5-7-8-9-11-21-13-15-23-17-19-24-18-16-22-14-12-20-10-6-4-2/h3-19H2,1-2H3. The Bertz CT molecular complexity index is 192. The lowest BCUT2D eigenvalue weighted by Crippen LogP contribution is -2.13. The normalized spacial score (nSPS) is 11.2. The van der Waals surface area contributed by atoms with Crippen LogP contribution in [0.5, 0.6) is 0 Å². The zero-order valence-electron chi connectivity index (χ0n) is 16.1. The third-order valence-electron chi connectivity index (χ3n) is 3.52. The van der Waals surface area contributed by atoms with Crippen LogP contribution in [-0.2, 0) is 23.7 Å². The van der Waals surface area contributed by atoms with Crippen LogP contribution in [0.3, 0.4) is 0 Å². The molecule has 5 nitrogen and oxygen atoms in total. The quantitative estimate of drug-likeness (QED) is 0.295. The maximum absolute atomic E-state index is 5.52. The van der Waals surface area contributed by atoms with E-state index in [-0.39, 0.29) is 0 Å². The van der Waals surface area contributed by atoms with Gasteiger partial charge in [0.05, 0.1) is 52.9 Å². The summed E-state index contributed by atoms with van der Waals surface area (Å²) in [6.45, 7) is 11.1. The van der Waals surface area contributed by atoms with Gasteiger partial charge in [0, 0.05) is 13.2 Å². The maximum atomic E-state index is 5.52. The summed E-state index contributed by atoms with van der Waals surface area (Å²) in [5.74, 6) is 0. The van der Waals surface area contributed by atoms with Crippen LogP contribution in [0, 0.1) is 0 Å². The van der Waals surface area contributed by atoms with E-state index in [9.17, 15) is 0 Å². The molecule has 0 unspecified atom stereocenters. The van der Waals surface area contributed by atoms with E-state index in [1.54, 1.807) is 0 Å². The molecule has 0 aliphatic rings. The molecule has 0 aromatic carbocycles. The average molecular weight is 349 g/mol. The van der Waals surface area contributed by atoms with Crippen molar-refractivity contribution in [1.82, 2.24) is 0 Å².